The van der Waals surface area contributed by atoms with E-state index in [0.29, 0.717) is 0 Å². The average Bonchev–Trinajstić information content (AvgIpc) is 2.88. The van der Waals surface area contributed by atoms with Crippen LogP contribution in [-0.2, 0) is 12.8 Å². The Morgan fingerprint density at radius 2 is 2.05 bits per heavy atom. The molecule has 0 aliphatic heterocycles. The fraction of sp³-hybridized carbons (Fsp3) is 0.333. The van der Waals surface area contributed by atoms with Crippen LogP contribution in [-0.4, -0.2) is 9.97 Å². The molecular formula is C15H18N4. The predicted octanol–water partition coefficient (Wildman–Crippen LogP) is 2.72. The van der Waals surface area contributed by atoms with Crippen molar-refractivity contribution in [2.24, 2.45) is 0 Å². The van der Waals surface area contributed by atoms with E-state index < -0.39 is 0 Å². The van der Waals surface area contributed by atoms with Crippen LogP contribution in [0.25, 0.3) is 0 Å². The lowest BCUT2D eigenvalue weighted by Gasteiger charge is -2.18. The maximum Gasteiger partial charge on any atom is 0.133 e. The first-order chi connectivity index (χ1) is 9.25. The number of nitrogens with two attached hydrogens (primary N) is 1. The number of nitrogens with zero attached hydrogens (tertiary/aromatic N) is 2. The fourth-order valence-electron chi connectivity index (χ4n) is 2.67. The maximum absolute atomic E-state index is 6.02. The lowest BCUT2D eigenvalue weighted by Crippen LogP contribution is -2.12. The summed E-state index contributed by atoms with van der Waals surface area (Å²) < 4.78 is 0. The summed E-state index contributed by atoms with van der Waals surface area (Å²) in [5, 5.41) is 3.47. The molecule has 0 fully saturated rings. The second-order valence-electron chi connectivity index (χ2n) is 5.00. The zero-order chi connectivity index (χ0) is 13.2. The summed E-state index contributed by atoms with van der Waals surface area (Å²) in [6, 6.07) is 8.08. The van der Waals surface area contributed by atoms with Gasteiger partial charge in [0.1, 0.15) is 12.1 Å². The number of para-hydroxylation sites is 1. The molecule has 0 bridgehead atoms. The maximum atomic E-state index is 6.02. The van der Waals surface area contributed by atoms with Gasteiger partial charge in [0.15, 0.2) is 0 Å². The van der Waals surface area contributed by atoms with Gasteiger partial charge in [-0.2, -0.15) is 0 Å². The number of anilines is 2. The smallest absolute Gasteiger partial charge is 0.133 e. The summed E-state index contributed by atoms with van der Waals surface area (Å²) in [5.74, 6) is 0.957. The van der Waals surface area contributed by atoms with Gasteiger partial charge in [-0.25, -0.2) is 9.97 Å². The van der Waals surface area contributed by atoms with E-state index in [-0.39, 0.29) is 6.04 Å². The van der Waals surface area contributed by atoms with Gasteiger partial charge in [0.05, 0.1) is 6.04 Å². The third-order valence-corrected chi connectivity index (χ3v) is 3.69. The molecule has 0 saturated carbocycles. The van der Waals surface area contributed by atoms with Crippen LogP contribution in [0.3, 0.4) is 0 Å². The molecule has 0 saturated heterocycles. The average molecular weight is 254 g/mol. The van der Waals surface area contributed by atoms with E-state index in [2.05, 4.69) is 28.3 Å². The van der Waals surface area contributed by atoms with E-state index in [1.54, 1.807) is 6.33 Å². The highest BCUT2D eigenvalue weighted by Crippen LogP contribution is 2.29. The minimum absolute atomic E-state index is 0.140. The highest BCUT2D eigenvalue weighted by molar-refractivity contribution is 5.54. The van der Waals surface area contributed by atoms with Crippen LogP contribution in [0.15, 0.2) is 30.6 Å². The first-order valence-corrected chi connectivity index (χ1v) is 6.69. The summed E-state index contributed by atoms with van der Waals surface area (Å²) in [7, 11) is 0. The number of hydrogen-bond donors (Lipinski definition) is 2. The van der Waals surface area contributed by atoms with Gasteiger partial charge in [0, 0.05) is 16.9 Å². The first-order valence-electron chi connectivity index (χ1n) is 6.69. The Bertz CT molecular complexity index is 594. The number of hydrogen-bond acceptors (Lipinski definition) is 4. The van der Waals surface area contributed by atoms with Gasteiger partial charge < -0.3 is 11.1 Å². The number of nitrogen functional groups attached to an aromatic ring is 1. The van der Waals surface area contributed by atoms with Crippen LogP contribution < -0.4 is 11.1 Å². The number of aryl methyl sites for hydroxylation is 1. The molecule has 0 amide bonds. The standard InChI is InChI=1S/C15H18N4/c1-10(11-5-2-3-7-13(11)16)19-15-12-6-4-8-14(12)17-9-18-15/h2-3,5,7,9-10H,4,6,8,16H2,1H3,(H,17,18,19). The minimum Gasteiger partial charge on any atom is -0.398 e. The zero-order valence-corrected chi connectivity index (χ0v) is 11.1. The Balaban J connectivity index is 1.86. The lowest BCUT2D eigenvalue weighted by molar-refractivity contribution is 0.865. The Morgan fingerprint density at radius 3 is 2.89 bits per heavy atom. The number of benzene rings is 1. The van der Waals surface area contributed by atoms with Crippen molar-refractivity contribution < 1.29 is 0 Å². The van der Waals surface area contributed by atoms with Crippen molar-refractivity contribution in [2.45, 2.75) is 32.2 Å². The van der Waals surface area contributed by atoms with Crippen molar-refractivity contribution in [1.29, 1.82) is 0 Å². The molecule has 1 aliphatic carbocycles. The number of rotatable bonds is 3. The topological polar surface area (TPSA) is 63.8 Å². The van der Waals surface area contributed by atoms with Crippen molar-refractivity contribution in [3.63, 3.8) is 0 Å². The van der Waals surface area contributed by atoms with Crippen LogP contribution in [0.5, 0.6) is 0 Å². The van der Waals surface area contributed by atoms with Crippen LogP contribution in [0, 0.1) is 0 Å². The molecule has 1 atom stereocenters. The van der Waals surface area contributed by atoms with Crippen LogP contribution in [0.2, 0.25) is 0 Å². The Kier molecular flexibility index (Phi) is 3.07. The van der Waals surface area contributed by atoms with E-state index in [1.807, 2.05) is 18.2 Å². The number of aromatic nitrogens is 2. The van der Waals surface area contributed by atoms with Crippen molar-refractivity contribution in [1.82, 2.24) is 9.97 Å². The summed E-state index contributed by atoms with van der Waals surface area (Å²) >= 11 is 0. The summed E-state index contributed by atoms with van der Waals surface area (Å²) in [6.45, 7) is 2.11. The minimum atomic E-state index is 0.140. The van der Waals surface area contributed by atoms with Crippen LogP contribution in [0.4, 0.5) is 11.5 Å². The molecule has 0 spiro atoms. The van der Waals surface area contributed by atoms with Gasteiger partial charge in [0.25, 0.3) is 0 Å². The molecule has 1 aliphatic rings. The largest absolute Gasteiger partial charge is 0.398 e. The second-order valence-corrected chi connectivity index (χ2v) is 5.00. The lowest BCUT2D eigenvalue weighted by atomic mass is 10.1. The van der Waals surface area contributed by atoms with Crippen LogP contribution in [0.1, 0.15) is 36.2 Å². The summed E-state index contributed by atoms with van der Waals surface area (Å²) in [4.78, 5) is 8.72. The van der Waals surface area contributed by atoms with E-state index in [4.69, 9.17) is 5.73 Å². The molecule has 4 nitrogen and oxygen atoms in total. The third-order valence-electron chi connectivity index (χ3n) is 3.69. The van der Waals surface area contributed by atoms with Crippen LogP contribution >= 0.6 is 0 Å². The van der Waals surface area contributed by atoms with Crippen molar-refractivity contribution in [3.8, 4) is 0 Å². The Labute approximate surface area is 113 Å². The van der Waals surface area contributed by atoms with Gasteiger partial charge in [-0.1, -0.05) is 18.2 Å². The summed E-state index contributed by atoms with van der Waals surface area (Å²) in [5.41, 5.74) is 10.4. The first kappa shape index (κ1) is 12.0. The molecule has 1 aromatic carbocycles. The SMILES string of the molecule is CC(Nc1ncnc2c1CCC2)c1ccccc1N. The molecule has 98 valence electrons. The molecule has 0 radical (unpaired) electrons. The highest BCUT2D eigenvalue weighted by Gasteiger charge is 2.18. The molecule has 3 rings (SSSR count). The van der Waals surface area contributed by atoms with Gasteiger partial charge in [-0.15, -0.1) is 0 Å². The van der Waals surface area contributed by atoms with Gasteiger partial charge in [0.2, 0.25) is 0 Å². The predicted molar refractivity (Wildman–Crippen MR) is 76.9 cm³/mol. The molecule has 3 N–H and O–H groups in total. The molecule has 4 heteroatoms. The normalized spacial score (nSPS) is 15.0. The monoisotopic (exact) mass is 254 g/mol. The molecule has 1 heterocycles. The van der Waals surface area contributed by atoms with E-state index in [9.17, 15) is 0 Å². The second kappa shape index (κ2) is 4.88. The highest BCUT2D eigenvalue weighted by atomic mass is 15.0. The van der Waals surface area contributed by atoms with Gasteiger partial charge >= 0.3 is 0 Å². The number of nitrogens with one attached hydrogen (secondary N) is 1. The van der Waals surface area contributed by atoms with Gasteiger partial charge in [-0.3, -0.25) is 0 Å². The molecule has 1 aromatic heterocycles. The molecule has 19 heavy (non-hydrogen) atoms. The van der Waals surface area contributed by atoms with Crippen molar-refractivity contribution in [2.75, 3.05) is 11.1 Å². The summed E-state index contributed by atoms with van der Waals surface area (Å²) in [6.07, 6.45) is 4.95. The number of fused-ring (bicyclic) bond motifs is 1. The Morgan fingerprint density at radius 1 is 1.21 bits per heavy atom. The van der Waals surface area contributed by atoms with E-state index >= 15 is 0 Å². The quantitative estimate of drug-likeness (QED) is 0.827. The third kappa shape index (κ3) is 2.26. The molecule has 1 unspecified atom stereocenters. The van der Waals surface area contributed by atoms with Gasteiger partial charge in [-0.05, 0) is 37.8 Å². The Hall–Kier alpha value is -2.10. The van der Waals surface area contributed by atoms with Crippen molar-refractivity contribution >= 4 is 11.5 Å². The molecular weight excluding hydrogens is 236 g/mol. The molecule has 2 aromatic rings. The zero-order valence-electron chi connectivity index (χ0n) is 11.1. The van der Waals surface area contributed by atoms with E-state index in [0.717, 1.165) is 29.9 Å². The van der Waals surface area contributed by atoms with Crippen molar-refractivity contribution in [3.05, 3.63) is 47.4 Å². The van der Waals surface area contributed by atoms with E-state index in [1.165, 1.54) is 17.7 Å². The fourth-order valence-corrected chi connectivity index (χ4v) is 2.67.